The number of methoxy groups -OCH3 is 2. The first kappa shape index (κ1) is 20.6. The molecule has 6 nitrogen and oxygen atoms in total. The Kier molecular flexibility index (Phi) is 6.74. The van der Waals surface area contributed by atoms with Gasteiger partial charge in [0.2, 0.25) is 0 Å². The lowest BCUT2D eigenvalue weighted by atomic mass is 10.3. The van der Waals surface area contributed by atoms with Crippen molar-refractivity contribution in [2.75, 3.05) is 25.1 Å². The molecular formula is C20H25NO5S. The van der Waals surface area contributed by atoms with E-state index in [-0.39, 0.29) is 17.5 Å². The molecule has 0 atom stereocenters. The van der Waals surface area contributed by atoms with Crippen LogP contribution < -0.4 is 18.5 Å². The van der Waals surface area contributed by atoms with E-state index in [1.807, 2.05) is 13.8 Å². The molecule has 0 saturated heterocycles. The van der Waals surface area contributed by atoms with Gasteiger partial charge in [-0.1, -0.05) is 6.08 Å². The lowest BCUT2D eigenvalue weighted by Gasteiger charge is -2.24. The maximum absolute atomic E-state index is 13.2. The van der Waals surface area contributed by atoms with Crippen molar-refractivity contribution in [2.45, 2.75) is 24.8 Å². The SMILES string of the molecule is C=CCN(c1ccc(OC(C)C)cc1)S(=O)(=O)c1ccc(OC)c(OC)c1. The number of hydrogen-bond acceptors (Lipinski definition) is 5. The molecule has 0 aromatic heterocycles. The lowest BCUT2D eigenvalue weighted by molar-refractivity contribution is 0.242. The number of ether oxygens (including phenoxy) is 3. The number of benzene rings is 2. The van der Waals surface area contributed by atoms with Crippen LogP contribution in [0.5, 0.6) is 17.2 Å². The molecule has 0 amide bonds. The summed E-state index contributed by atoms with van der Waals surface area (Å²) in [5.74, 6) is 1.48. The second kappa shape index (κ2) is 8.81. The van der Waals surface area contributed by atoms with Gasteiger partial charge in [0.05, 0.1) is 37.5 Å². The van der Waals surface area contributed by atoms with E-state index in [0.717, 1.165) is 0 Å². The summed E-state index contributed by atoms with van der Waals surface area (Å²) in [6.07, 6.45) is 1.58. The summed E-state index contributed by atoms with van der Waals surface area (Å²) in [4.78, 5) is 0.101. The number of nitrogens with zero attached hydrogens (tertiary/aromatic N) is 1. The van der Waals surface area contributed by atoms with E-state index < -0.39 is 10.0 Å². The van der Waals surface area contributed by atoms with Crippen LogP contribution in [0.15, 0.2) is 60.0 Å². The fourth-order valence-corrected chi connectivity index (χ4v) is 3.98. The molecule has 7 heteroatoms. The second-order valence-electron chi connectivity index (χ2n) is 6.00. The van der Waals surface area contributed by atoms with Crippen molar-refractivity contribution < 1.29 is 22.6 Å². The molecule has 2 rings (SSSR count). The molecule has 0 fully saturated rings. The highest BCUT2D eigenvalue weighted by Crippen LogP contribution is 2.32. The van der Waals surface area contributed by atoms with Gasteiger partial charge in [-0.15, -0.1) is 6.58 Å². The molecule has 2 aromatic carbocycles. The Morgan fingerprint density at radius 3 is 2.19 bits per heavy atom. The molecule has 0 radical (unpaired) electrons. The largest absolute Gasteiger partial charge is 0.493 e. The first-order valence-corrected chi connectivity index (χ1v) is 9.90. The Balaban J connectivity index is 2.44. The molecule has 0 aliphatic heterocycles. The van der Waals surface area contributed by atoms with Gasteiger partial charge in [-0.05, 0) is 50.2 Å². The van der Waals surface area contributed by atoms with E-state index in [9.17, 15) is 8.42 Å². The van der Waals surface area contributed by atoms with Crippen LogP contribution in [0, 0.1) is 0 Å². The Hall–Kier alpha value is -2.67. The van der Waals surface area contributed by atoms with Crippen LogP contribution in [0.4, 0.5) is 5.69 Å². The molecule has 146 valence electrons. The van der Waals surface area contributed by atoms with Gasteiger partial charge in [-0.3, -0.25) is 4.31 Å². The molecule has 0 aliphatic carbocycles. The molecule has 27 heavy (non-hydrogen) atoms. The van der Waals surface area contributed by atoms with Gasteiger partial charge in [0, 0.05) is 6.07 Å². The zero-order valence-corrected chi connectivity index (χ0v) is 16.8. The van der Waals surface area contributed by atoms with Gasteiger partial charge in [0.1, 0.15) is 5.75 Å². The summed E-state index contributed by atoms with van der Waals surface area (Å²) in [6, 6.07) is 11.4. The summed E-state index contributed by atoms with van der Waals surface area (Å²) >= 11 is 0. The molecular weight excluding hydrogens is 366 g/mol. The van der Waals surface area contributed by atoms with E-state index in [2.05, 4.69) is 6.58 Å². The van der Waals surface area contributed by atoms with Gasteiger partial charge >= 0.3 is 0 Å². The zero-order chi connectivity index (χ0) is 20.0. The molecule has 0 N–H and O–H groups in total. The Morgan fingerprint density at radius 2 is 1.67 bits per heavy atom. The minimum atomic E-state index is -3.82. The van der Waals surface area contributed by atoms with Crippen molar-refractivity contribution in [2.24, 2.45) is 0 Å². The first-order valence-electron chi connectivity index (χ1n) is 8.46. The summed E-state index contributed by atoms with van der Waals surface area (Å²) in [5.41, 5.74) is 0.515. The molecule has 0 heterocycles. The van der Waals surface area contributed by atoms with Crippen LogP contribution in [0.25, 0.3) is 0 Å². The maximum Gasteiger partial charge on any atom is 0.264 e. The third-order valence-electron chi connectivity index (χ3n) is 3.73. The normalized spacial score (nSPS) is 11.1. The standard InChI is InChI=1S/C20H25NO5S/c1-6-13-21(16-7-9-17(10-8-16)26-15(2)3)27(22,23)18-11-12-19(24-4)20(14-18)25-5/h6-12,14-15H,1,13H2,2-5H3. The van der Waals surface area contributed by atoms with Gasteiger partial charge in [-0.25, -0.2) is 8.42 Å². The zero-order valence-electron chi connectivity index (χ0n) is 16.0. The summed E-state index contributed by atoms with van der Waals surface area (Å²) in [7, 11) is -0.866. The molecule has 0 bridgehead atoms. The van der Waals surface area contributed by atoms with Crippen LogP contribution in [-0.4, -0.2) is 35.3 Å². The highest BCUT2D eigenvalue weighted by Gasteiger charge is 2.25. The van der Waals surface area contributed by atoms with Gasteiger partial charge < -0.3 is 14.2 Å². The average Bonchev–Trinajstić information content (AvgIpc) is 2.65. The van der Waals surface area contributed by atoms with Gasteiger partial charge in [0.15, 0.2) is 11.5 Å². The minimum Gasteiger partial charge on any atom is -0.493 e. The van der Waals surface area contributed by atoms with E-state index >= 15 is 0 Å². The maximum atomic E-state index is 13.2. The first-order chi connectivity index (χ1) is 12.8. The van der Waals surface area contributed by atoms with Crippen LogP contribution >= 0.6 is 0 Å². The molecule has 0 unspecified atom stereocenters. The smallest absolute Gasteiger partial charge is 0.264 e. The third kappa shape index (κ3) is 4.74. The van der Waals surface area contributed by atoms with E-state index in [0.29, 0.717) is 22.9 Å². The highest BCUT2D eigenvalue weighted by molar-refractivity contribution is 7.92. The van der Waals surface area contributed by atoms with E-state index in [1.165, 1.54) is 36.7 Å². The molecule has 0 spiro atoms. The number of anilines is 1. The predicted molar refractivity (Wildman–Crippen MR) is 106 cm³/mol. The van der Waals surface area contributed by atoms with Crippen molar-refractivity contribution in [3.63, 3.8) is 0 Å². The van der Waals surface area contributed by atoms with Crippen LogP contribution in [0.2, 0.25) is 0 Å². The predicted octanol–water partition coefficient (Wildman–Crippen LogP) is 3.87. The average molecular weight is 391 g/mol. The monoisotopic (exact) mass is 391 g/mol. The third-order valence-corrected chi connectivity index (χ3v) is 5.52. The lowest BCUT2D eigenvalue weighted by Crippen LogP contribution is -2.31. The minimum absolute atomic E-state index is 0.0376. The van der Waals surface area contributed by atoms with E-state index in [1.54, 1.807) is 30.3 Å². The van der Waals surface area contributed by atoms with Crippen LogP contribution in [0.1, 0.15) is 13.8 Å². The second-order valence-corrected chi connectivity index (χ2v) is 7.86. The summed E-state index contributed by atoms with van der Waals surface area (Å²) in [6.45, 7) is 7.66. The van der Waals surface area contributed by atoms with Crippen molar-refractivity contribution in [1.82, 2.24) is 0 Å². The fraction of sp³-hybridized carbons (Fsp3) is 0.300. The molecule has 2 aromatic rings. The van der Waals surface area contributed by atoms with Crippen molar-refractivity contribution in [3.05, 3.63) is 55.1 Å². The fourth-order valence-electron chi connectivity index (χ4n) is 2.53. The number of rotatable bonds is 9. The number of sulfonamides is 1. The van der Waals surface area contributed by atoms with Crippen molar-refractivity contribution >= 4 is 15.7 Å². The Labute approximate surface area is 161 Å². The topological polar surface area (TPSA) is 65.1 Å². The summed E-state index contributed by atoms with van der Waals surface area (Å²) in [5, 5.41) is 0. The van der Waals surface area contributed by atoms with E-state index in [4.69, 9.17) is 14.2 Å². The molecule has 0 saturated carbocycles. The van der Waals surface area contributed by atoms with Crippen molar-refractivity contribution in [1.29, 1.82) is 0 Å². The van der Waals surface area contributed by atoms with Crippen LogP contribution in [0.3, 0.4) is 0 Å². The summed E-state index contributed by atoms with van der Waals surface area (Å²) < 4.78 is 43.7. The van der Waals surface area contributed by atoms with Crippen LogP contribution in [-0.2, 0) is 10.0 Å². The Morgan fingerprint density at radius 1 is 1.04 bits per heavy atom. The number of hydrogen-bond donors (Lipinski definition) is 0. The van der Waals surface area contributed by atoms with Gasteiger partial charge in [0.25, 0.3) is 10.0 Å². The quantitative estimate of drug-likeness (QED) is 0.607. The Bertz CT molecular complexity index is 876. The van der Waals surface area contributed by atoms with Crippen molar-refractivity contribution in [3.8, 4) is 17.2 Å². The highest BCUT2D eigenvalue weighted by atomic mass is 32.2. The molecule has 0 aliphatic rings. The van der Waals surface area contributed by atoms with Gasteiger partial charge in [-0.2, -0.15) is 0 Å².